The van der Waals surface area contributed by atoms with Crippen LogP contribution in [0.25, 0.3) is 0 Å². The highest BCUT2D eigenvalue weighted by Crippen LogP contribution is 2.42. The van der Waals surface area contributed by atoms with Gasteiger partial charge in [-0.1, -0.05) is 19.8 Å². The van der Waals surface area contributed by atoms with E-state index in [9.17, 15) is 9.59 Å². The molecule has 2 rings (SSSR count). The molecule has 0 bridgehead atoms. The third kappa shape index (κ3) is 2.37. The van der Waals surface area contributed by atoms with Gasteiger partial charge in [-0.3, -0.25) is 4.79 Å². The highest BCUT2D eigenvalue weighted by molar-refractivity contribution is 6.03. The number of carboxylic acid groups (broad SMARTS) is 1. The van der Waals surface area contributed by atoms with Crippen molar-refractivity contribution in [3.05, 3.63) is 17.5 Å². The van der Waals surface area contributed by atoms with Gasteiger partial charge in [-0.2, -0.15) is 0 Å². The maximum absolute atomic E-state index is 12.4. The van der Waals surface area contributed by atoms with Crippen molar-refractivity contribution in [3.63, 3.8) is 0 Å². The minimum Gasteiger partial charge on any atom is -0.478 e. The molecule has 1 amide bonds. The van der Waals surface area contributed by atoms with Crippen LogP contribution in [0.15, 0.2) is 6.20 Å². The number of aromatic amines is 1. The van der Waals surface area contributed by atoms with Gasteiger partial charge in [0.05, 0.1) is 5.69 Å². The third-order valence-electron chi connectivity index (χ3n) is 4.26. The number of carbonyl (C=O) groups excluding carboxylic acids is 1. The second-order valence-corrected chi connectivity index (χ2v) is 5.30. The standard InChI is InChI=1S/C14H20N2O3/c1-3-14(6-4-5-7-14)13(19)16-10-8-15-9(2)11(10)12(17)18/h8,15H,3-7H2,1-2H3,(H,16,19)(H,17,18). The summed E-state index contributed by atoms with van der Waals surface area (Å²) in [7, 11) is 0. The van der Waals surface area contributed by atoms with E-state index in [0.717, 1.165) is 32.1 Å². The SMILES string of the molecule is CCC1(C(=O)Nc2c[nH]c(C)c2C(=O)O)CCCC1. The van der Waals surface area contributed by atoms with Gasteiger partial charge in [-0.15, -0.1) is 0 Å². The zero-order chi connectivity index (χ0) is 14.0. The minimum atomic E-state index is -1.02. The summed E-state index contributed by atoms with van der Waals surface area (Å²) in [6.07, 6.45) is 6.26. The molecule has 0 unspecified atom stereocenters. The fourth-order valence-electron chi connectivity index (χ4n) is 2.95. The summed E-state index contributed by atoms with van der Waals surface area (Å²) in [5, 5.41) is 12.0. The van der Waals surface area contributed by atoms with Crippen LogP contribution in [0.1, 0.15) is 55.1 Å². The molecule has 1 aromatic heterocycles. The largest absolute Gasteiger partial charge is 0.478 e. The van der Waals surface area contributed by atoms with Crippen LogP contribution in [-0.2, 0) is 4.79 Å². The Morgan fingerprint density at radius 2 is 2.05 bits per heavy atom. The molecule has 104 valence electrons. The maximum atomic E-state index is 12.4. The molecule has 0 radical (unpaired) electrons. The molecule has 0 aliphatic heterocycles. The van der Waals surface area contributed by atoms with Crippen LogP contribution in [0, 0.1) is 12.3 Å². The first-order valence-corrected chi connectivity index (χ1v) is 6.73. The quantitative estimate of drug-likeness (QED) is 0.782. The molecule has 1 fully saturated rings. The fraction of sp³-hybridized carbons (Fsp3) is 0.571. The molecule has 19 heavy (non-hydrogen) atoms. The Labute approximate surface area is 112 Å². The van der Waals surface area contributed by atoms with Gasteiger partial charge >= 0.3 is 5.97 Å². The summed E-state index contributed by atoms with van der Waals surface area (Å²) < 4.78 is 0. The topological polar surface area (TPSA) is 82.2 Å². The first-order chi connectivity index (χ1) is 9.00. The number of nitrogens with one attached hydrogen (secondary N) is 2. The average molecular weight is 264 g/mol. The lowest BCUT2D eigenvalue weighted by molar-refractivity contribution is -0.125. The van der Waals surface area contributed by atoms with E-state index in [1.165, 1.54) is 0 Å². The number of aromatic carboxylic acids is 1. The number of aromatic nitrogens is 1. The van der Waals surface area contributed by atoms with Crippen molar-refractivity contribution in [2.45, 2.75) is 46.0 Å². The summed E-state index contributed by atoms with van der Waals surface area (Å²) in [5.74, 6) is -1.07. The maximum Gasteiger partial charge on any atom is 0.339 e. The first kappa shape index (κ1) is 13.6. The lowest BCUT2D eigenvalue weighted by atomic mass is 9.82. The highest BCUT2D eigenvalue weighted by atomic mass is 16.4. The van der Waals surface area contributed by atoms with Crippen molar-refractivity contribution in [3.8, 4) is 0 Å². The van der Waals surface area contributed by atoms with Crippen LogP contribution in [0.2, 0.25) is 0 Å². The number of aryl methyl sites for hydroxylation is 1. The number of hydrogen-bond acceptors (Lipinski definition) is 2. The number of amides is 1. The van der Waals surface area contributed by atoms with E-state index in [0.29, 0.717) is 11.4 Å². The Hall–Kier alpha value is -1.78. The molecule has 0 spiro atoms. The Kier molecular flexibility index (Phi) is 3.64. The first-order valence-electron chi connectivity index (χ1n) is 6.73. The van der Waals surface area contributed by atoms with Gasteiger partial charge in [0.25, 0.3) is 0 Å². The molecule has 3 N–H and O–H groups in total. The smallest absolute Gasteiger partial charge is 0.339 e. The van der Waals surface area contributed by atoms with Crippen LogP contribution >= 0.6 is 0 Å². The van der Waals surface area contributed by atoms with Crippen molar-refractivity contribution in [1.82, 2.24) is 4.98 Å². The van der Waals surface area contributed by atoms with Crippen LogP contribution in [-0.4, -0.2) is 22.0 Å². The number of carbonyl (C=O) groups is 2. The number of hydrogen-bond donors (Lipinski definition) is 3. The molecular weight excluding hydrogens is 244 g/mol. The number of carboxylic acids is 1. The molecule has 5 nitrogen and oxygen atoms in total. The molecule has 0 atom stereocenters. The number of anilines is 1. The van der Waals surface area contributed by atoms with Gasteiger partial charge in [0.15, 0.2) is 0 Å². The van der Waals surface area contributed by atoms with Gasteiger partial charge in [0, 0.05) is 17.3 Å². The van der Waals surface area contributed by atoms with E-state index in [-0.39, 0.29) is 16.9 Å². The number of rotatable bonds is 4. The lowest BCUT2D eigenvalue weighted by Crippen LogP contribution is -2.33. The Bertz CT molecular complexity index is 499. The summed E-state index contributed by atoms with van der Waals surface area (Å²) in [4.78, 5) is 26.5. The third-order valence-corrected chi connectivity index (χ3v) is 4.26. The molecule has 1 aromatic rings. The molecular formula is C14H20N2O3. The monoisotopic (exact) mass is 264 g/mol. The van der Waals surface area contributed by atoms with Crippen LogP contribution < -0.4 is 5.32 Å². The van der Waals surface area contributed by atoms with Crippen molar-refractivity contribution < 1.29 is 14.7 Å². The summed E-state index contributed by atoms with van der Waals surface area (Å²) in [6, 6.07) is 0. The molecule has 5 heteroatoms. The molecule has 0 aromatic carbocycles. The van der Waals surface area contributed by atoms with Crippen molar-refractivity contribution >= 4 is 17.6 Å². The highest BCUT2D eigenvalue weighted by Gasteiger charge is 2.39. The summed E-state index contributed by atoms with van der Waals surface area (Å²) in [6.45, 7) is 3.70. The molecule has 1 heterocycles. The second kappa shape index (κ2) is 5.07. The normalized spacial score (nSPS) is 17.4. The van der Waals surface area contributed by atoms with Crippen LogP contribution in [0.5, 0.6) is 0 Å². The molecule has 0 saturated heterocycles. The predicted molar refractivity (Wildman–Crippen MR) is 72.3 cm³/mol. The average Bonchev–Trinajstić information content (AvgIpc) is 2.97. The van der Waals surface area contributed by atoms with E-state index in [2.05, 4.69) is 10.3 Å². The van der Waals surface area contributed by atoms with Crippen molar-refractivity contribution in [2.75, 3.05) is 5.32 Å². The van der Waals surface area contributed by atoms with E-state index in [4.69, 9.17) is 5.11 Å². The van der Waals surface area contributed by atoms with Gasteiger partial charge in [0.2, 0.25) is 5.91 Å². The van der Waals surface area contributed by atoms with Gasteiger partial charge in [-0.25, -0.2) is 4.79 Å². The molecule has 1 saturated carbocycles. The summed E-state index contributed by atoms with van der Waals surface area (Å²) in [5.41, 5.74) is 0.758. The van der Waals surface area contributed by atoms with E-state index < -0.39 is 5.97 Å². The van der Waals surface area contributed by atoms with E-state index in [1.54, 1.807) is 13.1 Å². The van der Waals surface area contributed by atoms with Crippen LogP contribution in [0.4, 0.5) is 5.69 Å². The second-order valence-electron chi connectivity index (χ2n) is 5.30. The van der Waals surface area contributed by atoms with Gasteiger partial charge in [-0.05, 0) is 26.2 Å². The molecule has 1 aliphatic carbocycles. The Morgan fingerprint density at radius 1 is 1.42 bits per heavy atom. The molecule has 1 aliphatic rings. The zero-order valence-electron chi connectivity index (χ0n) is 11.4. The predicted octanol–water partition coefficient (Wildman–Crippen LogP) is 2.93. The van der Waals surface area contributed by atoms with Gasteiger partial charge < -0.3 is 15.4 Å². The minimum absolute atomic E-state index is 0.0472. The van der Waals surface area contributed by atoms with Crippen molar-refractivity contribution in [1.29, 1.82) is 0 Å². The summed E-state index contributed by atoms with van der Waals surface area (Å²) >= 11 is 0. The fourth-order valence-corrected chi connectivity index (χ4v) is 2.95. The number of H-pyrrole nitrogens is 1. The Balaban J connectivity index is 2.22. The Morgan fingerprint density at radius 3 is 2.58 bits per heavy atom. The van der Waals surface area contributed by atoms with Gasteiger partial charge in [0.1, 0.15) is 5.56 Å². The van der Waals surface area contributed by atoms with Crippen molar-refractivity contribution in [2.24, 2.45) is 5.41 Å². The lowest BCUT2D eigenvalue weighted by Gasteiger charge is -2.25. The zero-order valence-corrected chi connectivity index (χ0v) is 11.4. The van der Waals surface area contributed by atoms with E-state index in [1.807, 2.05) is 6.92 Å². The van der Waals surface area contributed by atoms with Crippen LogP contribution in [0.3, 0.4) is 0 Å². The van der Waals surface area contributed by atoms with E-state index >= 15 is 0 Å².